The molecule has 2 N–H and O–H groups in total. The Morgan fingerprint density at radius 2 is 2.00 bits per heavy atom. The molecule has 0 radical (unpaired) electrons. The highest BCUT2D eigenvalue weighted by Crippen LogP contribution is 2.24. The summed E-state index contributed by atoms with van der Waals surface area (Å²) in [6, 6.07) is 1.26. The fourth-order valence-corrected chi connectivity index (χ4v) is 1.34. The van der Waals surface area contributed by atoms with Gasteiger partial charge in [0.05, 0.1) is 25.5 Å². The summed E-state index contributed by atoms with van der Waals surface area (Å²) in [4.78, 5) is 25.2. The van der Waals surface area contributed by atoms with E-state index in [9.17, 15) is 14.7 Å². The molecule has 0 aliphatic heterocycles. The number of ether oxygens (including phenoxy) is 2. The summed E-state index contributed by atoms with van der Waals surface area (Å²) < 4.78 is 9.03. The van der Waals surface area contributed by atoms with Crippen molar-refractivity contribution in [3.63, 3.8) is 0 Å². The van der Waals surface area contributed by atoms with Crippen LogP contribution in [0.3, 0.4) is 0 Å². The van der Waals surface area contributed by atoms with E-state index in [1.54, 1.807) is 6.92 Å². The molecule has 0 amide bonds. The average molecular weight is 239 g/mol. The standard InChI is InChI=1S/C11H13NO5/c1-4-6(10(14)16-2)7-5-8(13)9(12-7)11(15)17-3/h4-5,12-13H,1-3H3/b6-4+. The predicted molar refractivity (Wildman–Crippen MR) is 59.5 cm³/mol. The van der Waals surface area contributed by atoms with Crippen molar-refractivity contribution in [3.8, 4) is 5.75 Å². The van der Waals surface area contributed by atoms with Crippen LogP contribution < -0.4 is 0 Å². The summed E-state index contributed by atoms with van der Waals surface area (Å²) in [6.07, 6.45) is 1.51. The summed E-state index contributed by atoms with van der Waals surface area (Å²) in [6.45, 7) is 1.64. The number of esters is 2. The highest BCUT2D eigenvalue weighted by atomic mass is 16.5. The molecule has 0 saturated carbocycles. The zero-order valence-corrected chi connectivity index (χ0v) is 9.73. The maximum atomic E-state index is 11.4. The van der Waals surface area contributed by atoms with E-state index in [1.807, 2.05) is 0 Å². The minimum Gasteiger partial charge on any atom is -0.505 e. The number of methoxy groups -OCH3 is 2. The third-order valence-corrected chi connectivity index (χ3v) is 2.17. The molecule has 1 aromatic rings. The van der Waals surface area contributed by atoms with Crippen LogP contribution in [0.15, 0.2) is 12.1 Å². The van der Waals surface area contributed by atoms with E-state index in [0.717, 1.165) is 0 Å². The first-order valence-electron chi connectivity index (χ1n) is 4.80. The van der Waals surface area contributed by atoms with Crippen LogP contribution in [0.4, 0.5) is 0 Å². The molecule has 0 fully saturated rings. The quantitative estimate of drug-likeness (QED) is 0.608. The zero-order chi connectivity index (χ0) is 13.0. The van der Waals surface area contributed by atoms with E-state index in [4.69, 9.17) is 0 Å². The minimum absolute atomic E-state index is 0.106. The molecule has 0 bridgehead atoms. The smallest absolute Gasteiger partial charge is 0.358 e. The lowest BCUT2D eigenvalue weighted by molar-refractivity contribution is -0.133. The van der Waals surface area contributed by atoms with Crippen molar-refractivity contribution in [2.45, 2.75) is 6.92 Å². The van der Waals surface area contributed by atoms with E-state index in [2.05, 4.69) is 14.5 Å². The van der Waals surface area contributed by atoms with Gasteiger partial charge in [0.25, 0.3) is 0 Å². The number of hydrogen-bond donors (Lipinski definition) is 2. The largest absolute Gasteiger partial charge is 0.505 e. The lowest BCUT2D eigenvalue weighted by Crippen LogP contribution is -2.05. The molecule has 0 aromatic carbocycles. The fourth-order valence-electron chi connectivity index (χ4n) is 1.34. The Bertz CT molecular complexity index is 472. The van der Waals surface area contributed by atoms with Crippen molar-refractivity contribution in [3.05, 3.63) is 23.5 Å². The highest BCUT2D eigenvalue weighted by molar-refractivity contribution is 6.16. The number of aromatic hydroxyl groups is 1. The second kappa shape index (κ2) is 5.20. The average Bonchev–Trinajstić information content (AvgIpc) is 2.70. The number of aromatic nitrogens is 1. The number of carbonyl (C=O) groups is 2. The number of aromatic amines is 1. The molecule has 0 spiro atoms. The Labute approximate surface area is 97.8 Å². The van der Waals surface area contributed by atoms with Crippen LogP contribution in [0, 0.1) is 0 Å². The van der Waals surface area contributed by atoms with E-state index in [1.165, 1.54) is 26.4 Å². The van der Waals surface area contributed by atoms with Crippen LogP contribution in [-0.4, -0.2) is 36.2 Å². The summed E-state index contributed by atoms with van der Waals surface area (Å²) in [7, 11) is 2.44. The van der Waals surface area contributed by atoms with Crippen LogP contribution in [0.25, 0.3) is 5.57 Å². The molecular formula is C11H13NO5. The molecule has 0 saturated heterocycles. The molecule has 92 valence electrons. The lowest BCUT2D eigenvalue weighted by atomic mass is 10.2. The molecular weight excluding hydrogens is 226 g/mol. The number of nitrogens with one attached hydrogen (secondary N) is 1. The van der Waals surface area contributed by atoms with Gasteiger partial charge in [-0.25, -0.2) is 9.59 Å². The summed E-state index contributed by atoms with van der Waals surface area (Å²) >= 11 is 0. The number of hydrogen-bond acceptors (Lipinski definition) is 5. The lowest BCUT2D eigenvalue weighted by Gasteiger charge is -2.01. The SMILES string of the molecule is C/C=C(/C(=O)OC)c1cc(O)c(C(=O)OC)[nH]1. The summed E-state index contributed by atoms with van der Waals surface area (Å²) in [5.74, 6) is -1.56. The molecule has 1 rings (SSSR count). The van der Waals surface area contributed by atoms with Gasteiger partial charge in [0, 0.05) is 6.07 Å². The Morgan fingerprint density at radius 1 is 1.35 bits per heavy atom. The Morgan fingerprint density at radius 3 is 2.47 bits per heavy atom. The van der Waals surface area contributed by atoms with Crippen molar-refractivity contribution in [1.82, 2.24) is 4.98 Å². The molecule has 0 aliphatic rings. The molecule has 1 aromatic heterocycles. The van der Waals surface area contributed by atoms with Crippen LogP contribution in [0.1, 0.15) is 23.1 Å². The second-order valence-corrected chi connectivity index (χ2v) is 3.13. The molecule has 0 aliphatic carbocycles. The zero-order valence-electron chi connectivity index (χ0n) is 9.73. The third kappa shape index (κ3) is 2.47. The van der Waals surface area contributed by atoms with Gasteiger partial charge in [-0.3, -0.25) is 0 Å². The van der Waals surface area contributed by atoms with Gasteiger partial charge in [-0.2, -0.15) is 0 Å². The maximum absolute atomic E-state index is 11.4. The van der Waals surface area contributed by atoms with Gasteiger partial charge in [-0.05, 0) is 6.92 Å². The normalized spacial score (nSPS) is 11.1. The third-order valence-electron chi connectivity index (χ3n) is 2.17. The van der Waals surface area contributed by atoms with Gasteiger partial charge in [0.1, 0.15) is 5.75 Å². The van der Waals surface area contributed by atoms with Crippen molar-refractivity contribution < 1.29 is 24.2 Å². The molecule has 1 heterocycles. The first-order chi connectivity index (χ1) is 8.04. The van der Waals surface area contributed by atoms with Gasteiger partial charge in [0.2, 0.25) is 0 Å². The number of allylic oxidation sites excluding steroid dienone is 1. The summed E-state index contributed by atoms with van der Waals surface area (Å²) in [5.41, 5.74) is 0.404. The van der Waals surface area contributed by atoms with Crippen molar-refractivity contribution in [2.24, 2.45) is 0 Å². The monoisotopic (exact) mass is 239 g/mol. The van der Waals surface area contributed by atoms with Gasteiger partial charge < -0.3 is 19.6 Å². The van der Waals surface area contributed by atoms with E-state index < -0.39 is 11.9 Å². The first kappa shape index (κ1) is 12.8. The Balaban J connectivity index is 3.17. The van der Waals surface area contributed by atoms with Crippen LogP contribution in [-0.2, 0) is 14.3 Å². The van der Waals surface area contributed by atoms with Gasteiger partial charge in [-0.1, -0.05) is 6.08 Å². The minimum atomic E-state index is -0.714. The summed E-state index contributed by atoms with van der Waals surface area (Å²) in [5, 5.41) is 9.52. The predicted octanol–water partition coefficient (Wildman–Crippen LogP) is 1.08. The molecule has 0 atom stereocenters. The van der Waals surface area contributed by atoms with Crippen molar-refractivity contribution in [2.75, 3.05) is 14.2 Å². The Kier molecular flexibility index (Phi) is 3.92. The van der Waals surface area contributed by atoms with Crippen molar-refractivity contribution in [1.29, 1.82) is 0 Å². The highest BCUT2D eigenvalue weighted by Gasteiger charge is 2.20. The molecule has 17 heavy (non-hydrogen) atoms. The van der Waals surface area contributed by atoms with Gasteiger partial charge in [0.15, 0.2) is 5.69 Å². The maximum Gasteiger partial charge on any atom is 0.358 e. The van der Waals surface area contributed by atoms with Crippen LogP contribution in [0.2, 0.25) is 0 Å². The fraction of sp³-hybridized carbons (Fsp3) is 0.273. The van der Waals surface area contributed by atoms with Crippen molar-refractivity contribution >= 4 is 17.5 Å². The topological polar surface area (TPSA) is 88.6 Å². The first-order valence-corrected chi connectivity index (χ1v) is 4.80. The van der Waals surface area contributed by atoms with Crippen LogP contribution in [0.5, 0.6) is 5.75 Å². The molecule has 6 heteroatoms. The van der Waals surface area contributed by atoms with E-state index >= 15 is 0 Å². The molecule has 0 unspecified atom stereocenters. The van der Waals surface area contributed by atoms with Gasteiger partial charge in [-0.15, -0.1) is 0 Å². The Hall–Kier alpha value is -2.24. The van der Waals surface area contributed by atoms with Crippen LogP contribution >= 0.6 is 0 Å². The number of rotatable bonds is 3. The van der Waals surface area contributed by atoms with Gasteiger partial charge >= 0.3 is 11.9 Å². The molecule has 6 nitrogen and oxygen atoms in total. The van der Waals surface area contributed by atoms with E-state index in [-0.39, 0.29) is 22.7 Å². The number of carbonyl (C=O) groups excluding carboxylic acids is 2. The second-order valence-electron chi connectivity index (χ2n) is 3.13. The number of H-pyrrole nitrogens is 1. The van der Waals surface area contributed by atoms with E-state index in [0.29, 0.717) is 0 Å².